The fourth-order valence-corrected chi connectivity index (χ4v) is 1.18. The van der Waals surface area contributed by atoms with Crippen molar-refractivity contribution in [2.24, 2.45) is 11.5 Å². The normalized spacial score (nSPS) is 8.74. The highest BCUT2D eigenvalue weighted by Crippen LogP contribution is 2.37. The topological polar surface area (TPSA) is 171 Å². The van der Waals surface area contributed by atoms with E-state index in [9.17, 15) is 5.11 Å². The lowest BCUT2D eigenvalue weighted by Crippen LogP contribution is -2.72. The van der Waals surface area contributed by atoms with Gasteiger partial charge in [0.15, 0.2) is 11.5 Å². The molecule has 0 radical (unpaired) electrons. The number of ether oxygens (including phenoxy) is 2. The summed E-state index contributed by atoms with van der Waals surface area (Å²) < 4.78 is 9.98. The van der Waals surface area contributed by atoms with Crippen molar-refractivity contribution in [1.82, 2.24) is 0 Å². The SMILES string of the molecule is COc1cc([NH+]=C(N)N)cc(O)c1OC.O=[N+]([O-])[O-]. The average Bonchev–Trinajstić information content (AvgIpc) is 2.26. The molecule has 0 spiro atoms. The molecule has 0 bridgehead atoms. The molecule has 106 valence electrons. The van der Waals surface area contributed by atoms with E-state index < -0.39 is 5.09 Å². The van der Waals surface area contributed by atoms with E-state index in [1.54, 1.807) is 6.07 Å². The van der Waals surface area contributed by atoms with Gasteiger partial charge in [-0.25, -0.2) is 4.99 Å². The van der Waals surface area contributed by atoms with Crippen LogP contribution >= 0.6 is 0 Å². The van der Waals surface area contributed by atoms with Crippen LogP contribution in [0.4, 0.5) is 5.69 Å². The second kappa shape index (κ2) is 7.42. The fraction of sp³-hybridized carbons (Fsp3) is 0.222. The summed E-state index contributed by atoms with van der Waals surface area (Å²) >= 11 is 0. The summed E-state index contributed by atoms with van der Waals surface area (Å²) in [7, 11) is 2.91. The Bertz CT molecular complexity index is 468. The maximum Gasteiger partial charge on any atom is 0.343 e. The van der Waals surface area contributed by atoms with Gasteiger partial charge in [0.25, 0.3) is 0 Å². The zero-order chi connectivity index (χ0) is 15.0. The molecule has 6 N–H and O–H groups in total. The lowest BCUT2D eigenvalue weighted by atomic mass is 10.2. The Morgan fingerprint density at radius 2 is 1.84 bits per heavy atom. The predicted molar refractivity (Wildman–Crippen MR) is 65.6 cm³/mol. The molecule has 0 heterocycles. The van der Waals surface area contributed by atoms with Gasteiger partial charge < -0.3 is 29.9 Å². The number of hydrogen-bond donors (Lipinski definition) is 4. The Kier molecular flexibility index (Phi) is 6.29. The zero-order valence-electron chi connectivity index (χ0n) is 10.2. The molecule has 0 saturated carbocycles. The number of benzene rings is 1. The van der Waals surface area contributed by atoms with Crippen LogP contribution in [0.15, 0.2) is 12.1 Å². The van der Waals surface area contributed by atoms with Crippen LogP contribution in [-0.4, -0.2) is 30.4 Å². The first-order valence-corrected chi connectivity index (χ1v) is 4.73. The average molecular weight is 274 g/mol. The third-order valence-corrected chi connectivity index (χ3v) is 1.75. The molecular weight excluding hydrogens is 260 g/mol. The van der Waals surface area contributed by atoms with Crippen LogP contribution in [0.2, 0.25) is 0 Å². The molecule has 1 aromatic rings. The standard InChI is InChI=1S/C9H13N3O3.NO3/c1-14-7-4-5(12-9(10)11)3-6(13)8(7)15-2;2-1(3)4/h3-4,13H,1-2H3,(H4,10,11,12);/q;-1/p+1. The van der Waals surface area contributed by atoms with Gasteiger partial charge in [0, 0.05) is 12.1 Å². The second-order valence-corrected chi connectivity index (χ2v) is 3.03. The van der Waals surface area contributed by atoms with Crippen LogP contribution in [0.25, 0.3) is 0 Å². The minimum absolute atomic E-state index is 0.0293. The maximum absolute atomic E-state index is 9.58. The summed E-state index contributed by atoms with van der Waals surface area (Å²) in [5, 5.41) is 24.3. The molecule has 10 heteroatoms. The minimum Gasteiger partial charge on any atom is -0.504 e. The molecule has 0 aromatic heterocycles. The lowest BCUT2D eigenvalue weighted by Gasteiger charge is -2.09. The van der Waals surface area contributed by atoms with E-state index in [4.69, 9.17) is 36.3 Å². The van der Waals surface area contributed by atoms with Gasteiger partial charge in [-0.15, -0.1) is 0 Å². The van der Waals surface area contributed by atoms with Gasteiger partial charge >= 0.3 is 5.96 Å². The van der Waals surface area contributed by atoms with E-state index >= 15 is 0 Å². The minimum atomic E-state index is -1.75. The van der Waals surface area contributed by atoms with Crippen molar-refractivity contribution in [2.45, 2.75) is 0 Å². The molecule has 0 amide bonds. The highest BCUT2D eigenvalue weighted by atomic mass is 16.9. The molecule has 19 heavy (non-hydrogen) atoms. The van der Waals surface area contributed by atoms with Gasteiger partial charge in [-0.1, -0.05) is 0 Å². The number of guanidine groups is 1. The highest BCUT2D eigenvalue weighted by molar-refractivity contribution is 5.71. The summed E-state index contributed by atoms with van der Waals surface area (Å²) in [6.07, 6.45) is 0. The van der Waals surface area contributed by atoms with Gasteiger partial charge in [0.05, 0.1) is 19.3 Å². The van der Waals surface area contributed by atoms with Crippen molar-refractivity contribution in [3.05, 3.63) is 27.5 Å². The molecule has 0 unspecified atom stereocenters. The number of nitrogens with one attached hydrogen (secondary N) is 1. The molecule has 0 atom stereocenters. The summed E-state index contributed by atoms with van der Waals surface area (Å²) in [4.78, 5) is 10.9. The molecule has 1 rings (SSSR count). The van der Waals surface area contributed by atoms with Crippen LogP contribution in [0.1, 0.15) is 0 Å². The van der Waals surface area contributed by atoms with Gasteiger partial charge in [-0.3, -0.25) is 11.5 Å². The molecule has 0 aliphatic rings. The molecule has 1 aromatic carbocycles. The fourth-order valence-electron chi connectivity index (χ4n) is 1.18. The van der Waals surface area contributed by atoms with Gasteiger partial charge in [-0.05, 0) is 0 Å². The van der Waals surface area contributed by atoms with Gasteiger partial charge in [0.1, 0.15) is 5.69 Å². The summed E-state index contributed by atoms with van der Waals surface area (Å²) in [6, 6.07) is 3.04. The van der Waals surface area contributed by atoms with E-state index in [-0.39, 0.29) is 17.5 Å². The smallest absolute Gasteiger partial charge is 0.343 e. The van der Waals surface area contributed by atoms with Crippen molar-refractivity contribution in [3.63, 3.8) is 0 Å². The van der Waals surface area contributed by atoms with Crippen molar-refractivity contribution < 1.29 is 24.7 Å². The van der Waals surface area contributed by atoms with E-state index in [1.165, 1.54) is 20.3 Å². The number of nitrogens with zero attached hydrogens (tertiary/aromatic N) is 1. The number of aromatic hydroxyl groups is 1. The molecule has 0 saturated heterocycles. The number of phenols is 1. The molecule has 0 aliphatic heterocycles. The molecule has 10 nitrogen and oxygen atoms in total. The molecular formula is C9H14N4O6. The second-order valence-electron chi connectivity index (χ2n) is 3.03. The number of phenolic OH excluding ortho intramolecular Hbond substituents is 1. The van der Waals surface area contributed by atoms with Crippen LogP contribution in [-0.2, 0) is 0 Å². The van der Waals surface area contributed by atoms with Crippen LogP contribution in [0, 0.1) is 15.3 Å². The Morgan fingerprint density at radius 3 is 2.21 bits per heavy atom. The monoisotopic (exact) mass is 274 g/mol. The first-order valence-electron chi connectivity index (χ1n) is 4.73. The van der Waals surface area contributed by atoms with Crippen molar-refractivity contribution in [1.29, 1.82) is 0 Å². The van der Waals surface area contributed by atoms with E-state index in [0.29, 0.717) is 11.4 Å². The highest BCUT2D eigenvalue weighted by Gasteiger charge is 2.11. The Balaban J connectivity index is 0.000000711. The quantitative estimate of drug-likeness (QED) is 0.215. The first-order chi connectivity index (χ1) is 8.81. The Morgan fingerprint density at radius 1 is 1.32 bits per heavy atom. The van der Waals surface area contributed by atoms with E-state index in [2.05, 4.69) is 4.99 Å². The van der Waals surface area contributed by atoms with Crippen molar-refractivity contribution in [3.8, 4) is 17.2 Å². The number of nitrogens with two attached hydrogens (primary N) is 2. The number of rotatable bonds is 3. The Hall–Kier alpha value is -2.91. The van der Waals surface area contributed by atoms with Gasteiger partial charge in [0.2, 0.25) is 5.75 Å². The summed E-state index contributed by atoms with van der Waals surface area (Å²) in [5.74, 6) is 0.627. The maximum atomic E-state index is 9.58. The molecule has 0 fully saturated rings. The Labute approximate surface area is 108 Å². The van der Waals surface area contributed by atoms with Crippen molar-refractivity contribution >= 4 is 11.6 Å². The van der Waals surface area contributed by atoms with Gasteiger partial charge in [-0.2, -0.15) is 0 Å². The van der Waals surface area contributed by atoms with Crippen LogP contribution < -0.4 is 25.9 Å². The third kappa shape index (κ3) is 5.81. The lowest BCUT2D eigenvalue weighted by molar-refractivity contribution is -0.402. The number of hydrogen-bond acceptors (Lipinski definition) is 6. The number of methoxy groups -OCH3 is 2. The molecule has 0 aliphatic carbocycles. The van der Waals surface area contributed by atoms with Crippen LogP contribution in [0.5, 0.6) is 17.2 Å². The zero-order valence-corrected chi connectivity index (χ0v) is 10.2. The summed E-state index contributed by atoms with van der Waals surface area (Å²) in [6.45, 7) is 0. The first kappa shape index (κ1) is 16.1. The van der Waals surface area contributed by atoms with Crippen LogP contribution in [0.3, 0.4) is 0 Å². The van der Waals surface area contributed by atoms with Crippen molar-refractivity contribution in [2.75, 3.05) is 14.2 Å². The predicted octanol–water partition coefficient (Wildman–Crippen LogP) is -1.84. The summed E-state index contributed by atoms with van der Waals surface area (Å²) in [5.41, 5.74) is 11.1. The van der Waals surface area contributed by atoms with E-state index in [1.807, 2.05) is 0 Å². The largest absolute Gasteiger partial charge is 0.504 e. The van der Waals surface area contributed by atoms with E-state index in [0.717, 1.165) is 0 Å². The third-order valence-electron chi connectivity index (χ3n) is 1.75.